The van der Waals surface area contributed by atoms with Gasteiger partial charge in [-0.2, -0.15) is 5.10 Å². The highest BCUT2D eigenvalue weighted by molar-refractivity contribution is 6.04. The molecule has 78 valence electrons. The quantitative estimate of drug-likeness (QED) is 0.678. The van der Waals surface area contributed by atoms with E-state index in [4.69, 9.17) is 0 Å². The summed E-state index contributed by atoms with van der Waals surface area (Å²) in [5, 5.41) is 3.82. The SMILES string of the molecule is CCOC(=O)NN=C1CCCC(=O)C1. The van der Waals surface area contributed by atoms with Crippen molar-refractivity contribution < 1.29 is 14.3 Å². The first-order valence-corrected chi connectivity index (χ1v) is 4.72. The minimum atomic E-state index is -0.571. The molecule has 0 heterocycles. The second-order valence-electron chi connectivity index (χ2n) is 3.08. The van der Waals surface area contributed by atoms with Crippen LogP contribution in [0.5, 0.6) is 0 Å². The Labute approximate surface area is 82.5 Å². The average Bonchev–Trinajstić information content (AvgIpc) is 2.15. The van der Waals surface area contributed by atoms with E-state index in [0.29, 0.717) is 19.4 Å². The van der Waals surface area contributed by atoms with E-state index < -0.39 is 6.09 Å². The molecule has 1 aliphatic carbocycles. The highest BCUT2D eigenvalue weighted by Crippen LogP contribution is 2.11. The van der Waals surface area contributed by atoms with Crippen molar-refractivity contribution in [2.45, 2.75) is 32.6 Å². The number of amides is 1. The Balaban J connectivity index is 2.36. The third-order valence-electron chi connectivity index (χ3n) is 1.90. The average molecular weight is 198 g/mol. The number of nitrogens with one attached hydrogen (secondary N) is 1. The molecule has 1 rings (SSSR count). The zero-order valence-corrected chi connectivity index (χ0v) is 8.21. The molecule has 1 amide bonds. The van der Waals surface area contributed by atoms with Gasteiger partial charge in [-0.15, -0.1) is 0 Å². The zero-order valence-electron chi connectivity index (χ0n) is 8.21. The molecular weight excluding hydrogens is 184 g/mol. The summed E-state index contributed by atoms with van der Waals surface area (Å²) in [4.78, 5) is 21.9. The third kappa shape index (κ3) is 3.55. The summed E-state index contributed by atoms with van der Waals surface area (Å²) in [6.07, 6.45) is 2.00. The van der Waals surface area contributed by atoms with Gasteiger partial charge < -0.3 is 4.74 Å². The molecule has 1 N–H and O–H groups in total. The van der Waals surface area contributed by atoms with Crippen LogP contribution in [-0.2, 0) is 9.53 Å². The molecule has 1 fully saturated rings. The minimum absolute atomic E-state index is 0.181. The second kappa shape index (κ2) is 5.36. The van der Waals surface area contributed by atoms with Gasteiger partial charge in [0.15, 0.2) is 0 Å². The monoisotopic (exact) mass is 198 g/mol. The molecule has 1 saturated carbocycles. The van der Waals surface area contributed by atoms with Gasteiger partial charge in [-0.05, 0) is 19.8 Å². The first-order valence-electron chi connectivity index (χ1n) is 4.72. The van der Waals surface area contributed by atoms with E-state index >= 15 is 0 Å². The number of ketones is 1. The fourth-order valence-electron chi connectivity index (χ4n) is 1.28. The number of hydrogen-bond donors (Lipinski definition) is 1. The van der Waals surface area contributed by atoms with E-state index in [2.05, 4.69) is 15.3 Å². The maximum Gasteiger partial charge on any atom is 0.427 e. The number of carbonyl (C=O) groups is 2. The first kappa shape index (κ1) is 10.7. The van der Waals surface area contributed by atoms with E-state index in [1.54, 1.807) is 6.92 Å². The lowest BCUT2D eigenvalue weighted by atomic mass is 9.97. The van der Waals surface area contributed by atoms with Crippen molar-refractivity contribution in [1.29, 1.82) is 0 Å². The number of ether oxygens (including phenoxy) is 1. The Morgan fingerprint density at radius 1 is 1.57 bits per heavy atom. The lowest BCUT2D eigenvalue weighted by molar-refractivity contribution is -0.118. The van der Waals surface area contributed by atoms with Gasteiger partial charge in [0.05, 0.1) is 6.61 Å². The molecule has 5 nitrogen and oxygen atoms in total. The van der Waals surface area contributed by atoms with Crippen molar-refractivity contribution in [2.24, 2.45) is 5.10 Å². The van der Waals surface area contributed by atoms with Gasteiger partial charge in [-0.3, -0.25) is 4.79 Å². The standard InChI is InChI=1S/C9H14N2O3/c1-2-14-9(13)11-10-7-4-3-5-8(12)6-7/h2-6H2,1H3,(H,11,13). The number of rotatable bonds is 2. The second-order valence-corrected chi connectivity index (χ2v) is 3.08. The minimum Gasteiger partial charge on any atom is -0.449 e. The molecule has 0 aromatic heterocycles. The highest BCUT2D eigenvalue weighted by atomic mass is 16.5. The van der Waals surface area contributed by atoms with Crippen molar-refractivity contribution >= 4 is 17.6 Å². The molecule has 0 radical (unpaired) electrons. The summed E-state index contributed by atoms with van der Waals surface area (Å²) < 4.78 is 4.62. The van der Waals surface area contributed by atoms with E-state index in [1.165, 1.54) is 0 Å². The van der Waals surface area contributed by atoms with Crippen LogP contribution in [0.15, 0.2) is 5.10 Å². The number of hydrogen-bond acceptors (Lipinski definition) is 4. The topological polar surface area (TPSA) is 67.8 Å². The Kier molecular flexibility index (Phi) is 4.10. The molecule has 0 aromatic rings. The Morgan fingerprint density at radius 3 is 3.00 bits per heavy atom. The smallest absolute Gasteiger partial charge is 0.427 e. The molecule has 0 saturated heterocycles. The lowest BCUT2D eigenvalue weighted by Crippen LogP contribution is -2.23. The Morgan fingerprint density at radius 2 is 2.36 bits per heavy atom. The normalized spacial score (nSPS) is 19.5. The maximum atomic E-state index is 11.0. The summed E-state index contributed by atoms with van der Waals surface area (Å²) in [5.74, 6) is 0.181. The van der Waals surface area contributed by atoms with Crippen LogP contribution in [0, 0.1) is 0 Å². The van der Waals surface area contributed by atoms with Crippen molar-refractivity contribution in [3.63, 3.8) is 0 Å². The summed E-state index contributed by atoms with van der Waals surface area (Å²) in [6, 6.07) is 0. The van der Waals surface area contributed by atoms with Crippen molar-refractivity contribution in [3.05, 3.63) is 0 Å². The molecule has 0 spiro atoms. The molecule has 0 bridgehead atoms. The lowest BCUT2D eigenvalue weighted by Gasteiger charge is -2.11. The summed E-state index contributed by atoms with van der Waals surface area (Å²) >= 11 is 0. The van der Waals surface area contributed by atoms with E-state index in [9.17, 15) is 9.59 Å². The predicted octanol–water partition coefficient (Wildman–Crippen LogP) is 1.23. The fraction of sp³-hybridized carbons (Fsp3) is 0.667. The van der Waals surface area contributed by atoms with Gasteiger partial charge in [0.2, 0.25) is 0 Å². The van der Waals surface area contributed by atoms with Gasteiger partial charge in [0.1, 0.15) is 5.78 Å². The summed E-state index contributed by atoms with van der Waals surface area (Å²) in [6.45, 7) is 2.03. The number of Topliss-reactive ketones (excluding diaryl/α,β-unsaturated/α-hetero) is 1. The molecule has 0 unspecified atom stereocenters. The van der Waals surface area contributed by atoms with Crippen LogP contribution in [0.2, 0.25) is 0 Å². The molecular formula is C9H14N2O3. The third-order valence-corrected chi connectivity index (χ3v) is 1.90. The van der Waals surface area contributed by atoms with E-state index in [1.807, 2.05) is 0 Å². The molecule has 14 heavy (non-hydrogen) atoms. The van der Waals surface area contributed by atoms with Crippen LogP contribution >= 0.6 is 0 Å². The van der Waals surface area contributed by atoms with Crippen molar-refractivity contribution in [2.75, 3.05) is 6.61 Å². The predicted molar refractivity (Wildman–Crippen MR) is 51.1 cm³/mol. The number of carbonyl (C=O) groups excluding carboxylic acids is 2. The Hall–Kier alpha value is -1.39. The van der Waals surface area contributed by atoms with Gasteiger partial charge in [0, 0.05) is 18.6 Å². The zero-order chi connectivity index (χ0) is 10.4. The van der Waals surface area contributed by atoms with E-state index in [0.717, 1.165) is 18.6 Å². The van der Waals surface area contributed by atoms with Crippen LogP contribution in [0.3, 0.4) is 0 Å². The number of hydrazone groups is 1. The van der Waals surface area contributed by atoms with Crippen molar-refractivity contribution in [3.8, 4) is 0 Å². The number of nitrogens with zero attached hydrogens (tertiary/aromatic N) is 1. The van der Waals surface area contributed by atoms with Gasteiger partial charge in [-0.1, -0.05) is 0 Å². The van der Waals surface area contributed by atoms with E-state index in [-0.39, 0.29) is 5.78 Å². The fourth-order valence-corrected chi connectivity index (χ4v) is 1.28. The molecule has 0 aliphatic heterocycles. The molecule has 5 heteroatoms. The molecule has 1 aliphatic rings. The van der Waals surface area contributed by atoms with Gasteiger partial charge >= 0.3 is 6.09 Å². The van der Waals surface area contributed by atoms with Crippen LogP contribution in [-0.4, -0.2) is 24.2 Å². The van der Waals surface area contributed by atoms with Crippen LogP contribution < -0.4 is 5.43 Å². The highest BCUT2D eigenvalue weighted by Gasteiger charge is 2.14. The van der Waals surface area contributed by atoms with Crippen molar-refractivity contribution in [1.82, 2.24) is 5.43 Å². The van der Waals surface area contributed by atoms with Crippen LogP contribution in [0.4, 0.5) is 4.79 Å². The molecule has 0 aromatic carbocycles. The molecule has 0 atom stereocenters. The van der Waals surface area contributed by atoms with Gasteiger partial charge in [-0.25, -0.2) is 10.2 Å². The Bertz CT molecular complexity index is 261. The van der Waals surface area contributed by atoms with Crippen LogP contribution in [0.25, 0.3) is 0 Å². The maximum absolute atomic E-state index is 11.0. The summed E-state index contributed by atoms with van der Waals surface area (Å²) in [7, 11) is 0. The summed E-state index contributed by atoms with van der Waals surface area (Å²) in [5.41, 5.74) is 2.98. The first-order chi connectivity index (χ1) is 6.72. The van der Waals surface area contributed by atoms with Gasteiger partial charge in [0.25, 0.3) is 0 Å². The van der Waals surface area contributed by atoms with Crippen LogP contribution in [0.1, 0.15) is 32.6 Å². The largest absolute Gasteiger partial charge is 0.449 e.